The maximum absolute atomic E-state index is 11.7. The van der Waals surface area contributed by atoms with E-state index < -0.39 is 0 Å². The van der Waals surface area contributed by atoms with Crippen LogP contribution >= 0.6 is 0 Å². The van der Waals surface area contributed by atoms with Crippen LogP contribution in [0.15, 0.2) is 0 Å². The molecule has 0 heterocycles. The molecule has 0 saturated heterocycles. The number of carbonyl (C=O) groups excluding carboxylic acids is 5. The third-order valence-electron chi connectivity index (χ3n) is 18.8. The van der Waals surface area contributed by atoms with E-state index in [1.165, 1.54) is 161 Å². The standard InChI is InChI=1S/C19H38O.C18H37NO4.C17H34O3.C17H34O.C17H36.C16H32O/c1-18(2,3)15-13-11-9-7-8-10-12-14-17(20)16-19(4,5)6;1-17(2,3)7-9-21-11-13-23-14-12-22-10-8-19-16(20)15-18(4,5)6;1-16(2,3)9-11-20-13-12-19-10-7-8-15(18)14-17(4,5)6;1-16(2,3)13-11-9-7-8-10-12-15(18)14-17(4,5)6;1-16(2,3)14-12-10-8-7-9-11-13-15-17(4,5)6;1-15(2,3)12-10-8-7-9-11-14(17)13-16(4,5)6/h7-16H2,1-6H3;7-15H2,1-6H3,(H,19,20);7-14H2,1-6H3;7-14H2,1-6H3;7-15H2,1-6H3;7-13H2,1-6H3. The van der Waals surface area contributed by atoms with Crippen LogP contribution in [0.4, 0.5) is 0 Å². The fraction of sp³-hybridized carbons (Fsp3) is 0.952. The Morgan fingerprint density at radius 2 is 0.348 bits per heavy atom. The summed E-state index contributed by atoms with van der Waals surface area (Å²) in [6, 6.07) is 0. The molecule has 11 nitrogen and oxygen atoms in total. The van der Waals surface area contributed by atoms with Gasteiger partial charge in [-0.3, -0.25) is 24.0 Å². The summed E-state index contributed by atoms with van der Waals surface area (Å²) in [5.41, 5.74) is 3.73. The van der Waals surface area contributed by atoms with Gasteiger partial charge in [0.2, 0.25) is 5.91 Å². The molecule has 0 atom stereocenters. The van der Waals surface area contributed by atoms with E-state index in [1.807, 2.05) is 20.8 Å². The Hall–Kier alpha value is -2.05. The van der Waals surface area contributed by atoms with Crippen LogP contribution in [0.25, 0.3) is 0 Å². The minimum atomic E-state index is 0.0216. The number of Topliss-reactive ketones (excluding diaryl/α,β-unsaturated/α-hetero) is 4. The summed E-state index contributed by atoms with van der Waals surface area (Å²) in [6.07, 6.45) is 46.3. The quantitative estimate of drug-likeness (QED) is 0.0585. The zero-order valence-corrected chi connectivity index (χ0v) is 85.1. The van der Waals surface area contributed by atoms with E-state index in [0.717, 1.165) is 90.3 Å². The van der Waals surface area contributed by atoms with Crippen molar-refractivity contribution in [1.29, 1.82) is 0 Å². The summed E-state index contributed by atoms with van der Waals surface area (Å²) in [5.74, 6) is 1.74. The van der Waals surface area contributed by atoms with Crippen molar-refractivity contribution in [2.75, 3.05) is 72.6 Å². The van der Waals surface area contributed by atoms with Crippen LogP contribution in [0.2, 0.25) is 0 Å². The van der Waals surface area contributed by atoms with Gasteiger partial charge in [-0.2, -0.15) is 0 Å². The van der Waals surface area contributed by atoms with Crippen LogP contribution in [-0.2, 0) is 47.7 Å². The number of ether oxygens (including phenoxy) is 5. The second-order valence-corrected chi connectivity index (χ2v) is 48.9. The molecule has 0 radical (unpaired) electrons. The summed E-state index contributed by atoms with van der Waals surface area (Å²) in [7, 11) is 0. The number of hydrogen-bond donors (Lipinski definition) is 1. The van der Waals surface area contributed by atoms with Crippen LogP contribution in [0.3, 0.4) is 0 Å². The number of unbranched alkanes of at least 4 members (excludes halogenated alkanes) is 19. The van der Waals surface area contributed by atoms with E-state index in [2.05, 4.69) is 234 Å². The SMILES string of the molecule is CC(C)(C)CCCCCCC(=O)CC(C)(C)C.CC(C)(C)CCCCCCCC(=O)CC(C)(C)C.CC(C)(C)CCCCCCCCCC(=O)CC(C)(C)C.CC(C)(C)CCCCCCCCCC(C)(C)C.CC(C)(C)CCOCCOCCCC(=O)CC(C)(C)C.CC(C)(C)CCOCCOCCOCCNC(=O)CC(C)(C)C. The number of ketones is 4. The highest BCUT2D eigenvalue weighted by atomic mass is 16.5. The minimum Gasteiger partial charge on any atom is -0.379 e. The van der Waals surface area contributed by atoms with Gasteiger partial charge in [0.05, 0.1) is 46.2 Å². The van der Waals surface area contributed by atoms with Gasteiger partial charge in [0, 0.05) is 84.2 Å². The average Bonchev–Trinajstić information content (AvgIpc) is 0.953. The molecule has 0 bridgehead atoms. The molecule has 0 aromatic rings. The molecule has 1 amide bonds. The zero-order chi connectivity index (χ0) is 90.2. The van der Waals surface area contributed by atoms with E-state index in [-0.39, 0.29) is 33.0 Å². The Labute approximate surface area is 721 Å². The summed E-state index contributed by atoms with van der Waals surface area (Å²) < 4.78 is 27.3. The molecular weight excluding hydrogens is 1420 g/mol. The molecule has 692 valence electrons. The summed E-state index contributed by atoms with van der Waals surface area (Å²) >= 11 is 0. The molecule has 1 N–H and O–H groups in total. The average molecular weight is 1640 g/mol. The lowest BCUT2D eigenvalue weighted by Crippen LogP contribution is -2.30. The van der Waals surface area contributed by atoms with Crippen LogP contribution in [-0.4, -0.2) is 102 Å². The Kier molecular flexibility index (Phi) is 73.6. The van der Waals surface area contributed by atoms with Crippen molar-refractivity contribution in [3.8, 4) is 0 Å². The van der Waals surface area contributed by atoms with Crippen LogP contribution < -0.4 is 5.32 Å². The molecule has 0 aromatic heterocycles. The van der Waals surface area contributed by atoms with Crippen LogP contribution in [0.5, 0.6) is 0 Å². The van der Waals surface area contributed by atoms with Gasteiger partial charge in [-0.25, -0.2) is 0 Å². The molecule has 0 spiro atoms. The van der Waals surface area contributed by atoms with Gasteiger partial charge in [-0.1, -0.05) is 378 Å². The number of amides is 1. The fourth-order valence-corrected chi connectivity index (χ4v) is 12.4. The van der Waals surface area contributed by atoms with Gasteiger partial charge in [0.15, 0.2) is 0 Å². The van der Waals surface area contributed by atoms with Crippen molar-refractivity contribution < 1.29 is 47.7 Å². The monoisotopic (exact) mass is 1630 g/mol. The number of nitrogens with one attached hydrogen (secondary N) is 1. The highest BCUT2D eigenvalue weighted by Crippen LogP contribution is 2.30. The van der Waals surface area contributed by atoms with Crippen molar-refractivity contribution in [3.63, 3.8) is 0 Å². The highest BCUT2D eigenvalue weighted by molar-refractivity contribution is 5.80. The lowest BCUT2D eigenvalue weighted by molar-refractivity contribution is -0.123. The van der Waals surface area contributed by atoms with E-state index >= 15 is 0 Å². The molecule has 0 aliphatic heterocycles. The first-order chi connectivity index (χ1) is 52.2. The van der Waals surface area contributed by atoms with E-state index in [9.17, 15) is 24.0 Å². The third kappa shape index (κ3) is 135. The molecule has 0 rings (SSSR count). The van der Waals surface area contributed by atoms with Gasteiger partial charge in [-0.05, 0) is 136 Å². The van der Waals surface area contributed by atoms with E-state index in [1.54, 1.807) is 0 Å². The van der Waals surface area contributed by atoms with Crippen molar-refractivity contribution in [3.05, 3.63) is 0 Å². The summed E-state index contributed by atoms with van der Waals surface area (Å²) in [5, 5.41) is 2.85. The molecule has 0 unspecified atom stereocenters. The molecular formula is C104H211NO10. The summed E-state index contributed by atoms with van der Waals surface area (Å²) in [4.78, 5) is 58.3. The molecule has 0 aromatic carbocycles. The van der Waals surface area contributed by atoms with Crippen LogP contribution in [0, 0.1) is 65.0 Å². The maximum atomic E-state index is 11.7. The van der Waals surface area contributed by atoms with Crippen molar-refractivity contribution in [1.82, 2.24) is 5.32 Å². The molecule has 0 saturated carbocycles. The molecule has 0 aliphatic rings. The van der Waals surface area contributed by atoms with E-state index in [4.69, 9.17) is 23.7 Å². The number of carbonyl (C=O) groups is 5. The second-order valence-electron chi connectivity index (χ2n) is 48.9. The molecule has 0 fully saturated rings. The Morgan fingerprint density at radius 1 is 0.174 bits per heavy atom. The maximum Gasteiger partial charge on any atom is 0.220 e. The lowest BCUT2D eigenvalue weighted by atomic mass is 9.88. The summed E-state index contributed by atoms with van der Waals surface area (Å²) in [6.45, 7) is 86.6. The first-order valence-corrected chi connectivity index (χ1v) is 47.4. The molecule has 0 aliphatic carbocycles. The number of rotatable bonds is 55. The largest absolute Gasteiger partial charge is 0.379 e. The highest BCUT2D eigenvalue weighted by Gasteiger charge is 2.21. The molecule has 11 heteroatoms. The predicted octanol–water partition coefficient (Wildman–Crippen LogP) is 31.6. The second kappa shape index (κ2) is 68.4. The zero-order valence-electron chi connectivity index (χ0n) is 85.1. The van der Waals surface area contributed by atoms with Gasteiger partial charge >= 0.3 is 0 Å². The van der Waals surface area contributed by atoms with Crippen molar-refractivity contribution in [2.24, 2.45) is 65.0 Å². The first kappa shape index (κ1) is 124. The third-order valence-corrected chi connectivity index (χ3v) is 18.8. The lowest BCUT2D eigenvalue weighted by Gasteiger charge is -2.18. The Balaban J connectivity index is -0.000000311. The van der Waals surface area contributed by atoms with Crippen molar-refractivity contribution in [2.45, 2.75) is 506 Å². The van der Waals surface area contributed by atoms with Crippen LogP contribution in [0.1, 0.15) is 506 Å². The van der Waals surface area contributed by atoms with Crippen molar-refractivity contribution >= 4 is 29.0 Å². The van der Waals surface area contributed by atoms with Gasteiger partial charge < -0.3 is 29.0 Å². The van der Waals surface area contributed by atoms with Gasteiger partial charge in [0.1, 0.15) is 23.1 Å². The molecule has 115 heavy (non-hydrogen) atoms. The topological polar surface area (TPSA) is 144 Å². The van der Waals surface area contributed by atoms with E-state index in [0.29, 0.717) is 140 Å². The number of hydrogen-bond acceptors (Lipinski definition) is 10. The normalized spacial score (nSPS) is 12.7. The Bertz CT molecular complexity index is 2170. The van der Waals surface area contributed by atoms with Gasteiger partial charge in [0.25, 0.3) is 0 Å². The minimum absolute atomic E-state index is 0.0216. The first-order valence-electron chi connectivity index (χ1n) is 47.4. The predicted molar refractivity (Wildman–Crippen MR) is 505 cm³/mol. The Morgan fingerprint density at radius 3 is 0.557 bits per heavy atom. The van der Waals surface area contributed by atoms with Gasteiger partial charge in [-0.15, -0.1) is 0 Å². The smallest absolute Gasteiger partial charge is 0.220 e. The fourth-order valence-electron chi connectivity index (χ4n) is 12.4.